The first-order chi connectivity index (χ1) is 7.70. The number of benzene rings is 1. The number of likely N-dealkylation sites (N-methyl/N-ethyl adjacent to an activating group) is 1. The fourth-order valence-corrected chi connectivity index (χ4v) is 2.30. The van der Waals surface area contributed by atoms with Crippen LogP contribution in [0.5, 0.6) is 5.75 Å². The van der Waals surface area contributed by atoms with Crippen molar-refractivity contribution < 1.29 is 9.84 Å². The minimum absolute atomic E-state index is 0.203. The van der Waals surface area contributed by atoms with E-state index in [-0.39, 0.29) is 12.0 Å². The van der Waals surface area contributed by atoms with E-state index in [9.17, 15) is 5.11 Å². The van der Waals surface area contributed by atoms with Gasteiger partial charge in [-0.15, -0.1) is 0 Å². The maximum absolute atomic E-state index is 10.0. The zero-order valence-electron chi connectivity index (χ0n) is 9.89. The van der Waals surface area contributed by atoms with Crippen LogP contribution in [-0.4, -0.2) is 43.4 Å². The minimum atomic E-state index is -0.233. The number of ether oxygens (including phenoxy) is 1. The van der Waals surface area contributed by atoms with Gasteiger partial charge in [0.2, 0.25) is 0 Å². The number of rotatable bonds is 2. The van der Waals surface area contributed by atoms with E-state index in [0.717, 1.165) is 25.3 Å². The Kier molecular flexibility index (Phi) is 3.46. The fraction of sp³-hybridized carbons (Fsp3) is 0.538. The van der Waals surface area contributed by atoms with E-state index < -0.39 is 0 Å². The molecular formula is C13H19NO2. The zero-order valence-corrected chi connectivity index (χ0v) is 9.89. The average Bonchev–Trinajstić information content (AvgIpc) is 2.32. The molecule has 2 atom stereocenters. The molecule has 0 aliphatic carbocycles. The van der Waals surface area contributed by atoms with Gasteiger partial charge in [0.25, 0.3) is 0 Å². The summed E-state index contributed by atoms with van der Waals surface area (Å²) in [6.07, 6.45) is 0.613. The van der Waals surface area contributed by atoms with Gasteiger partial charge >= 0.3 is 0 Å². The highest BCUT2D eigenvalue weighted by Gasteiger charge is 2.27. The van der Waals surface area contributed by atoms with Crippen molar-refractivity contribution in [2.24, 2.45) is 0 Å². The Hall–Kier alpha value is -1.06. The van der Waals surface area contributed by atoms with Crippen LogP contribution in [0.15, 0.2) is 24.3 Å². The molecule has 0 amide bonds. The molecular weight excluding hydrogens is 202 g/mol. The maximum Gasteiger partial charge on any atom is 0.119 e. The standard InChI is InChI=1S/C13H19NO2/c1-14-7-6-13(15)12(9-14)10-4-3-5-11(8-10)16-2/h3-5,8,12-13,15H,6-7,9H2,1-2H3/t12-,13+/m1/s1. The summed E-state index contributed by atoms with van der Waals surface area (Å²) in [5, 5.41) is 10.0. The van der Waals surface area contributed by atoms with E-state index in [1.807, 2.05) is 18.2 Å². The number of hydrogen-bond donors (Lipinski definition) is 1. The highest BCUT2D eigenvalue weighted by molar-refractivity contribution is 5.32. The topological polar surface area (TPSA) is 32.7 Å². The fourth-order valence-electron chi connectivity index (χ4n) is 2.30. The van der Waals surface area contributed by atoms with Crippen LogP contribution in [0.1, 0.15) is 17.9 Å². The molecule has 16 heavy (non-hydrogen) atoms. The smallest absolute Gasteiger partial charge is 0.119 e. The van der Waals surface area contributed by atoms with Crippen molar-refractivity contribution in [2.45, 2.75) is 18.4 Å². The van der Waals surface area contributed by atoms with Gasteiger partial charge in [-0.3, -0.25) is 0 Å². The summed E-state index contributed by atoms with van der Waals surface area (Å²) in [4.78, 5) is 2.26. The maximum atomic E-state index is 10.0. The van der Waals surface area contributed by atoms with Crippen molar-refractivity contribution in [1.29, 1.82) is 0 Å². The quantitative estimate of drug-likeness (QED) is 0.821. The van der Waals surface area contributed by atoms with Gasteiger partial charge in [0.05, 0.1) is 13.2 Å². The minimum Gasteiger partial charge on any atom is -0.497 e. The zero-order chi connectivity index (χ0) is 11.5. The molecule has 0 aromatic heterocycles. The molecule has 1 aromatic rings. The second kappa shape index (κ2) is 4.85. The third kappa shape index (κ3) is 2.36. The predicted molar refractivity (Wildman–Crippen MR) is 63.9 cm³/mol. The Morgan fingerprint density at radius 3 is 3.00 bits per heavy atom. The molecule has 1 heterocycles. The summed E-state index contributed by atoms with van der Waals surface area (Å²) >= 11 is 0. The summed E-state index contributed by atoms with van der Waals surface area (Å²) in [5.74, 6) is 1.06. The van der Waals surface area contributed by atoms with Crippen molar-refractivity contribution in [2.75, 3.05) is 27.2 Å². The lowest BCUT2D eigenvalue weighted by molar-refractivity contribution is 0.0708. The molecule has 3 nitrogen and oxygen atoms in total. The number of piperidine rings is 1. The Labute approximate surface area is 96.6 Å². The van der Waals surface area contributed by atoms with Crippen molar-refractivity contribution in [3.8, 4) is 5.75 Å². The monoisotopic (exact) mass is 221 g/mol. The predicted octanol–water partition coefficient (Wildman–Crippen LogP) is 1.48. The van der Waals surface area contributed by atoms with E-state index in [2.05, 4.69) is 18.0 Å². The van der Waals surface area contributed by atoms with Gasteiger partial charge < -0.3 is 14.7 Å². The summed E-state index contributed by atoms with van der Waals surface area (Å²) in [5.41, 5.74) is 1.17. The third-order valence-electron chi connectivity index (χ3n) is 3.30. The van der Waals surface area contributed by atoms with E-state index >= 15 is 0 Å². The van der Waals surface area contributed by atoms with Crippen LogP contribution in [0.25, 0.3) is 0 Å². The first kappa shape index (κ1) is 11.4. The lowest BCUT2D eigenvalue weighted by Gasteiger charge is -2.34. The molecule has 1 aliphatic rings. The molecule has 1 saturated heterocycles. The van der Waals surface area contributed by atoms with Crippen molar-refractivity contribution >= 4 is 0 Å². The highest BCUT2D eigenvalue weighted by Crippen LogP contribution is 2.28. The molecule has 1 N–H and O–H groups in total. The van der Waals surface area contributed by atoms with Gasteiger partial charge in [0, 0.05) is 19.0 Å². The lowest BCUT2D eigenvalue weighted by atomic mass is 9.88. The number of likely N-dealkylation sites (tertiary alicyclic amines) is 1. The Balaban J connectivity index is 2.20. The molecule has 0 bridgehead atoms. The number of hydrogen-bond acceptors (Lipinski definition) is 3. The highest BCUT2D eigenvalue weighted by atomic mass is 16.5. The van der Waals surface area contributed by atoms with Gasteiger partial charge in [0.15, 0.2) is 0 Å². The van der Waals surface area contributed by atoms with E-state index in [1.165, 1.54) is 5.56 Å². The molecule has 2 rings (SSSR count). The molecule has 0 saturated carbocycles. The molecule has 0 unspecified atom stereocenters. The van der Waals surface area contributed by atoms with Crippen LogP contribution in [0.3, 0.4) is 0 Å². The molecule has 0 radical (unpaired) electrons. The van der Waals surface area contributed by atoms with Crippen LogP contribution >= 0.6 is 0 Å². The molecule has 3 heteroatoms. The summed E-state index contributed by atoms with van der Waals surface area (Å²) in [7, 11) is 3.77. The van der Waals surface area contributed by atoms with Crippen LogP contribution in [-0.2, 0) is 0 Å². The van der Waals surface area contributed by atoms with Gasteiger partial charge in [0.1, 0.15) is 5.75 Å². The number of aliphatic hydroxyl groups is 1. The van der Waals surface area contributed by atoms with E-state index in [0.29, 0.717) is 0 Å². The van der Waals surface area contributed by atoms with Gasteiger partial charge in [-0.2, -0.15) is 0 Å². The Bertz CT molecular complexity index is 354. The normalized spacial score (nSPS) is 26.7. The average molecular weight is 221 g/mol. The van der Waals surface area contributed by atoms with Crippen LogP contribution in [0.2, 0.25) is 0 Å². The number of aliphatic hydroxyl groups excluding tert-OH is 1. The van der Waals surface area contributed by atoms with Gasteiger partial charge in [-0.05, 0) is 31.2 Å². The molecule has 1 fully saturated rings. The van der Waals surface area contributed by atoms with Crippen LogP contribution < -0.4 is 4.74 Å². The molecule has 0 spiro atoms. The van der Waals surface area contributed by atoms with E-state index in [4.69, 9.17) is 4.74 Å². The number of methoxy groups -OCH3 is 1. The summed E-state index contributed by atoms with van der Waals surface area (Å²) in [6, 6.07) is 8.00. The summed E-state index contributed by atoms with van der Waals surface area (Å²) < 4.78 is 5.21. The second-order valence-electron chi connectivity index (χ2n) is 4.50. The third-order valence-corrected chi connectivity index (χ3v) is 3.30. The first-order valence-corrected chi connectivity index (χ1v) is 5.71. The van der Waals surface area contributed by atoms with E-state index in [1.54, 1.807) is 7.11 Å². The van der Waals surface area contributed by atoms with Crippen LogP contribution in [0.4, 0.5) is 0 Å². The molecule has 88 valence electrons. The lowest BCUT2D eigenvalue weighted by Crippen LogP contribution is -2.39. The molecule has 1 aliphatic heterocycles. The number of nitrogens with zero attached hydrogens (tertiary/aromatic N) is 1. The van der Waals surface area contributed by atoms with Gasteiger partial charge in [-0.1, -0.05) is 12.1 Å². The van der Waals surface area contributed by atoms with Crippen molar-refractivity contribution in [3.63, 3.8) is 0 Å². The van der Waals surface area contributed by atoms with Crippen molar-refractivity contribution in [1.82, 2.24) is 4.90 Å². The first-order valence-electron chi connectivity index (χ1n) is 5.71. The largest absolute Gasteiger partial charge is 0.497 e. The van der Waals surface area contributed by atoms with Gasteiger partial charge in [-0.25, -0.2) is 0 Å². The van der Waals surface area contributed by atoms with Crippen molar-refractivity contribution in [3.05, 3.63) is 29.8 Å². The second-order valence-corrected chi connectivity index (χ2v) is 4.50. The van der Waals surface area contributed by atoms with Crippen LogP contribution in [0, 0.1) is 0 Å². The SMILES string of the molecule is COc1cccc([C@H]2CN(C)CC[C@@H]2O)c1. The Morgan fingerprint density at radius 1 is 1.44 bits per heavy atom. The molecule has 1 aromatic carbocycles. The Morgan fingerprint density at radius 2 is 2.25 bits per heavy atom. The summed E-state index contributed by atoms with van der Waals surface area (Å²) in [6.45, 7) is 1.88.